The third-order valence-electron chi connectivity index (χ3n) is 1.91. The Labute approximate surface area is 105 Å². The molecule has 0 N–H and O–H groups in total. The van der Waals surface area contributed by atoms with Crippen molar-refractivity contribution in [2.45, 2.75) is 11.9 Å². The molecule has 84 valence electrons. The van der Waals surface area contributed by atoms with Gasteiger partial charge in [0.1, 0.15) is 9.63 Å². The van der Waals surface area contributed by atoms with E-state index in [1.54, 1.807) is 23.7 Å². The van der Waals surface area contributed by atoms with Gasteiger partial charge in [0, 0.05) is 6.20 Å². The number of halogens is 1. The molecule has 0 atom stereocenters. The van der Waals surface area contributed by atoms with Crippen LogP contribution in [0.15, 0.2) is 22.0 Å². The standard InChI is InChI=1S/C9H8BrN3O2S/c1-2-15-9(14)5-4-13-6(10)3-11-7(13)8(16)12-5/h3-4H,2H2,1H3,(H,12,16). The predicted octanol–water partition coefficient (Wildman–Crippen LogP) is 1.96. The SMILES string of the molecule is CCOC(=O)c1cn2c(Br)cnc2c(S)n1. The van der Waals surface area contributed by atoms with Gasteiger partial charge >= 0.3 is 5.97 Å². The maximum Gasteiger partial charge on any atom is 0.358 e. The zero-order valence-corrected chi connectivity index (χ0v) is 10.8. The first-order valence-corrected chi connectivity index (χ1v) is 5.77. The number of rotatable bonds is 2. The fourth-order valence-corrected chi connectivity index (χ4v) is 1.89. The molecule has 0 aliphatic carbocycles. The zero-order chi connectivity index (χ0) is 11.7. The molecule has 0 saturated heterocycles. The number of aromatic nitrogens is 3. The van der Waals surface area contributed by atoms with Crippen molar-refractivity contribution in [3.05, 3.63) is 22.7 Å². The highest BCUT2D eigenvalue weighted by atomic mass is 79.9. The lowest BCUT2D eigenvalue weighted by molar-refractivity contribution is 0.0518. The Balaban J connectivity index is 2.56. The van der Waals surface area contributed by atoms with Crippen LogP contribution in [0, 0.1) is 0 Å². The van der Waals surface area contributed by atoms with Gasteiger partial charge in [-0.05, 0) is 22.9 Å². The molecule has 0 aromatic carbocycles. The monoisotopic (exact) mass is 301 g/mol. The highest BCUT2D eigenvalue weighted by Crippen LogP contribution is 2.18. The molecule has 2 heterocycles. The second-order valence-corrected chi connectivity index (χ2v) is 4.18. The van der Waals surface area contributed by atoms with Gasteiger partial charge in [0.25, 0.3) is 0 Å². The van der Waals surface area contributed by atoms with E-state index in [9.17, 15) is 4.79 Å². The van der Waals surface area contributed by atoms with Crippen LogP contribution < -0.4 is 0 Å². The van der Waals surface area contributed by atoms with Crippen LogP contribution in [-0.4, -0.2) is 26.9 Å². The summed E-state index contributed by atoms with van der Waals surface area (Å²) in [5.74, 6) is -0.472. The zero-order valence-electron chi connectivity index (χ0n) is 8.35. The summed E-state index contributed by atoms with van der Waals surface area (Å²) >= 11 is 7.48. The van der Waals surface area contributed by atoms with Crippen LogP contribution in [0.5, 0.6) is 0 Å². The van der Waals surface area contributed by atoms with Gasteiger partial charge < -0.3 is 4.74 Å². The minimum absolute atomic E-state index is 0.207. The summed E-state index contributed by atoms with van der Waals surface area (Å²) in [6, 6.07) is 0. The van der Waals surface area contributed by atoms with E-state index in [0.717, 1.165) is 4.60 Å². The highest BCUT2D eigenvalue weighted by Gasteiger charge is 2.13. The fraction of sp³-hybridized carbons (Fsp3) is 0.222. The molecule has 0 amide bonds. The van der Waals surface area contributed by atoms with Gasteiger partial charge in [-0.3, -0.25) is 4.40 Å². The minimum Gasteiger partial charge on any atom is -0.461 e. The van der Waals surface area contributed by atoms with Crippen LogP contribution in [0.25, 0.3) is 5.65 Å². The number of esters is 1. The molecule has 2 aromatic rings. The second-order valence-electron chi connectivity index (χ2n) is 2.94. The van der Waals surface area contributed by atoms with Crippen molar-refractivity contribution in [3.63, 3.8) is 0 Å². The lowest BCUT2D eigenvalue weighted by atomic mass is 10.4. The highest BCUT2D eigenvalue weighted by molar-refractivity contribution is 9.10. The molecule has 16 heavy (non-hydrogen) atoms. The number of fused-ring (bicyclic) bond motifs is 1. The number of thiol groups is 1. The Morgan fingerprint density at radius 1 is 1.69 bits per heavy atom. The predicted molar refractivity (Wildman–Crippen MR) is 63.9 cm³/mol. The number of hydrogen-bond acceptors (Lipinski definition) is 5. The van der Waals surface area contributed by atoms with E-state index in [0.29, 0.717) is 17.3 Å². The van der Waals surface area contributed by atoms with E-state index < -0.39 is 5.97 Å². The molecule has 2 rings (SSSR count). The van der Waals surface area contributed by atoms with E-state index in [1.807, 2.05) is 0 Å². The molecule has 0 saturated carbocycles. The van der Waals surface area contributed by atoms with Gasteiger partial charge in [0.05, 0.1) is 12.8 Å². The Hall–Kier alpha value is -1.08. The maximum absolute atomic E-state index is 11.5. The molecular weight excluding hydrogens is 294 g/mol. The largest absolute Gasteiger partial charge is 0.461 e. The van der Waals surface area contributed by atoms with Crippen molar-refractivity contribution < 1.29 is 9.53 Å². The number of hydrogen-bond donors (Lipinski definition) is 1. The van der Waals surface area contributed by atoms with E-state index in [1.165, 1.54) is 0 Å². The van der Waals surface area contributed by atoms with Crippen LogP contribution in [0.1, 0.15) is 17.4 Å². The lowest BCUT2D eigenvalue weighted by Gasteiger charge is -2.03. The van der Waals surface area contributed by atoms with Crippen LogP contribution in [0.4, 0.5) is 0 Å². The fourth-order valence-electron chi connectivity index (χ4n) is 1.25. The molecular formula is C9H8BrN3O2S. The number of nitrogens with zero attached hydrogens (tertiary/aromatic N) is 3. The summed E-state index contributed by atoms with van der Waals surface area (Å²) in [7, 11) is 0. The van der Waals surface area contributed by atoms with E-state index in [4.69, 9.17) is 4.74 Å². The van der Waals surface area contributed by atoms with Gasteiger partial charge in [-0.2, -0.15) is 0 Å². The molecule has 2 aromatic heterocycles. The first-order valence-electron chi connectivity index (χ1n) is 4.53. The molecule has 0 aliphatic heterocycles. The van der Waals surface area contributed by atoms with Crippen molar-refractivity contribution in [1.29, 1.82) is 0 Å². The topological polar surface area (TPSA) is 56.5 Å². The Bertz CT molecular complexity index is 555. The van der Waals surface area contributed by atoms with E-state index >= 15 is 0 Å². The van der Waals surface area contributed by atoms with Crippen molar-refractivity contribution >= 4 is 40.2 Å². The van der Waals surface area contributed by atoms with E-state index in [-0.39, 0.29) is 5.69 Å². The lowest BCUT2D eigenvalue weighted by Crippen LogP contribution is -2.09. The smallest absolute Gasteiger partial charge is 0.358 e. The van der Waals surface area contributed by atoms with Gasteiger partial charge in [-0.15, -0.1) is 12.6 Å². The molecule has 0 radical (unpaired) electrons. The van der Waals surface area contributed by atoms with Gasteiger partial charge in [-0.25, -0.2) is 14.8 Å². The first kappa shape index (κ1) is 11.4. The summed E-state index contributed by atoms with van der Waals surface area (Å²) < 4.78 is 7.27. The molecule has 7 heteroatoms. The third kappa shape index (κ3) is 1.92. The van der Waals surface area contributed by atoms with Crippen LogP contribution in [0.3, 0.4) is 0 Å². The van der Waals surface area contributed by atoms with Gasteiger partial charge in [-0.1, -0.05) is 0 Å². The number of carbonyl (C=O) groups excluding carboxylic acids is 1. The molecule has 0 aliphatic rings. The molecule has 0 fully saturated rings. The van der Waals surface area contributed by atoms with Crippen molar-refractivity contribution in [1.82, 2.24) is 14.4 Å². The Morgan fingerprint density at radius 3 is 3.12 bits per heavy atom. The summed E-state index contributed by atoms with van der Waals surface area (Å²) in [6.07, 6.45) is 3.18. The van der Waals surface area contributed by atoms with Gasteiger partial charge in [0.15, 0.2) is 11.3 Å². The summed E-state index contributed by atoms with van der Waals surface area (Å²) in [5, 5.41) is 0.385. The quantitative estimate of drug-likeness (QED) is 0.680. The summed E-state index contributed by atoms with van der Waals surface area (Å²) in [6.45, 7) is 2.05. The summed E-state index contributed by atoms with van der Waals surface area (Å²) in [4.78, 5) is 19.6. The van der Waals surface area contributed by atoms with Crippen LogP contribution in [0.2, 0.25) is 0 Å². The molecule has 0 unspecified atom stereocenters. The van der Waals surface area contributed by atoms with Crippen molar-refractivity contribution in [3.8, 4) is 0 Å². The van der Waals surface area contributed by atoms with Crippen molar-refractivity contribution in [2.75, 3.05) is 6.61 Å². The van der Waals surface area contributed by atoms with Crippen LogP contribution >= 0.6 is 28.6 Å². The number of carbonyl (C=O) groups is 1. The van der Waals surface area contributed by atoms with Crippen molar-refractivity contribution in [2.24, 2.45) is 0 Å². The Kier molecular flexibility index (Phi) is 3.15. The van der Waals surface area contributed by atoms with Gasteiger partial charge in [0.2, 0.25) is 0 Å². The Morgan fingerprint density at radius 2 is 2.44 bits per heavy atom. The van der Waals surface area contributed by atoms with E-state index in [2.05, 4.69) is 38.5 Å². The maximum atomic E-state index is 11.5. The molecule has 0 spiro atoms. The normalized spacial score (nSPS) is 10.7. The second kappa shape index (κ2) is 4.42. The number of imidazole rings is 1. The molecule has 0 bridgehead atoms. The first-order chi connectivity index (χ1) is 7.63. The summed E-state index contributed by atoms with van der Waals surface area (Å²) in [5.41, 5.74) is 0.793. The third-order valence-corrected chi connectivity index (χ3v) is 2.80. The minimum atomic E-state index is -0.472. The average Bonchev–Trinajstić information content (AvgIpc) is 2.61. The average molecular weight is 302 g/mol. The molecule has 5 nitrogen and oxygen atoms in total. The number of ether oxygens (including phenoxy) is 1. The van der Waals surface area contributed by atoms with Crippen LogP contribution in [-0.2, 0) is 4.74 Å².